The number of hydrogen-bond donors (Lipinski definition) is 1. The molecule has 2 rings (SSSR count). The molecule has 1 heterocycles. The smallest absolute Gasteiger partial charge is 0.255 e. The van der Waals surface area contributed by atoms with Crippen LogP contribution in [0.15, 0.2) is 58.7 Å². The van der Waals surface area contributed by atoms with Crippen LogP contribution in [-0.4, -0.2) is 43.4 Å². The molecule has 0 atom stereocenters. The van der Waals surface area contributed by atoms with Gasteiger partial charge in [0.1, 0.15) is 5.82 Å². The van der Waals surface area contributed by atoms with E-state index in [4.69, 9.17) is 0 Å². The number of benzene rings is 1. The van der Waals surface area contributed by atoms with Gasteiger partial charge in [-0.15, -0.1) is 0 Å². The average Bonchev–Trinajstić information content (AvgIpc) is 2.56. The number of halogens is 1. The van der Waals surface area contributed by atoms with E-state index >= 15 is 0 Å². The van der Waals surface area contributed by atoms with Crippen LogP contribution in [0.5, 0.6) is 0 Å². The molecule has 0 aliphatic carbocycles. The number of likely N-dealkylation sites (N-methyl/N-ethyl adjacent to an activating group) is 1. The molecule has 0 saturated heterocycles. The van der Waals surface area contributed by atoms with Crippen LogP contribution in [0.1, 0.15) is 5.69 Å². The molecule has 0 aliphatic rings. The topological polar surface area (TPSA) is 91.7 Å². The van der Waals surface area contributed by atoms with Crippen molar-refractivity contribution >= 4 is 22.1 Å². The van der Waals surface area contributed by atoms with Crippen LogP contribution < -0.4 is 5.43 Å². The van der Waals surface area contributed by atoms with Crippen molar-refractivity contribution in [3.63, 3.8) is 0 Å². The number of carbonyl (C=O) groups is 1. The molecule has 1 aromatic carbocycles. The Hall–Kier alpha value is -2.65. The first-order valence-corrected chi connectivity index (χ1v) is 8.28. The van der Waals surface area contributed by atoms with Crippen molar-refractivity contribution in [2.24, 2.45) is 5.10 Å². The van der Waals surface area contributed by atoms with Crippen molar-refractivity contribution in [1.29, 1.82) is 0 Å². The summed E-state index contributed by atoms with van der Waals surface area (Å²) < 4.78 is 38.2. The summed E-state index contributed by atoms with van der Waals surface area (Å²) in [5, 5.41) is 3.70. The Morgan fingerprint density at radius 2 is 2.00 bits per heavy atom. The van der Waals surface area contributed by atoms with Gasteiger partial charge in [-0.05, 0) is 36.4 Å². The third-order valence-corrected chi connectivity index (χ3v) is 4.78. The van der Waals surface area contributed by atoms with E-state index in [0.29, 0.717) is 5.69 Å². The minimum Gasteiger partial charge on any atom is -0.272 e. The molecule has 1 amide bonds. The summed E-state index contributed by atoms with van der Waals surface area (Å²) in [7, 11) is -2.64. The lowest BCUT2D eigenvalue weighted by Gasteiger charge is -2.15. The maximum atomic E-state index is 12.9. The highest BCUT2D eigenvalue weighted by atomic mass is 32.2. The molecule has 1 aromatic heterocycles. The van der Waals surface area contributed by atoms with E-state index < -0.39 is 28.3 Å². The van der Waals surface area contributed by atoms with Gasteiger partial charge < -0.3 is 0 Å². The molecule has 0 fully saturated rings. The fourth-order valence-corrected chi connectivity index (χ4v) is 2.86. The van der Waals surface area contributed by atoms with E-state index in [1.54, 1.807) is 24.4 Å². The lowest BCUT2D eigenvalue weighted by Crippen LogP contribution is -2.36. The van der Waals surface area contributed by atoms with Crippen LogP contribution >= 0.6 is 0 Å². The third-order valence-electron chi connectivity index (χ3n) is 2.96. The van der Waals surface area contributed by atoms with E-state index in [0.717, 1.165) is 28.6 Å². The quantitative estimate of drug-likeness (QED) is 0.621. The van der Waals surface area contributed by atoms with E-state index in [9.17, 15) is 17.6 Å². The molecular weight excluding hydrogens is 335 g/mol. The number of nitrogens with zero attached hydrogens (tertiary/aromatic N) is 3. The van der Waals surface area contributed by atoms with E-state index in [2.05, 4.69) is 15.5 Å². The fraction of sp³-hybridized carbons (Fsp3) is 0.133. The Labute approximate surface area is 138 Å². The number of rotatable bonds is 6. The first kappa shape index (κ1) is 17.7. The standard InChI is InChI=1S/C15H15FN4O3S/c1-20(24(22,23)14-7-5-12(16)6-8-14)11-15(21)19-18-10-13-4-2-3-9-17-13/h2-10H,11H2,1H3,(H,19,21)/b18-10-. The summed E-state index contributed by atoms with van der Waals surface area (Å²) in [5.41, 5.74) is 2.77. The molecule has 0 radical (unpaired) electrons. The predicted molar refractivity (Wildman–Crippen MR) is 86.2 cm³/mol. The summed E-state index contributed by atoms with van der Waals surface area (Å²) in [5.74, 6) is -1.16. The molecule has 1 N–H and O–H groups in total. The van der Waals surface area contributed by atoms with Gasteiger partial charge in [0.15, 0.2) is 0 Å². The minimum atomic E-state index is -3.89. The number of amides is 1. The second-order valence-corrected chi connectivity index (χ2v) is 6.81. The Morgan fingerprint density at radius 3 is 2.62 bits per heavy atom. The van der Waals surface area contributed by atoms with Crippen LogP contribution in [0.2, 0.25) is 0 Å². The van der Waals surface area contributed by atoms with E-state index in [1.807, 2.05) is 0 Å². The highest BCUT2D eigenvalue weighted by Gasteiger charge is 2.22. The number of hydrazone groups is 1. The largest absolute Gasteiger partial charge is 0.272 e. The minimum absolute atomic E-state index is 0.101. The van der Waals surface area contributed by atoms with E-state index in [-0.39, 0.29) is 4.90 Å². The molecular formula is C15H15FN4O3S. The van der Waals surface area contributed by atoms with Crippen molar-refractivity contribution in [2.75, 3.05) is 13.6 Å². The number of nitrogens with one attached hydrogen (secondary N) is 1. The van der Waals surface area contributed by atoms with Gasteiger partial charge in [-0.1, -0.05) is 6.07 Å². The highest BCUT2D eigenvalue weighted by molar-refractivity contribution is 7.89. The molecule has 0 saturated carbocycles. The lowest BCUT2D eigenvalue weighted by atomic mass is 10.4. The number of pyridine rings is 1. The van der Waals surface area contributed by atoms with Crippen LogP contribution in [-0.2, 0) is 14.8 Å². The molecule has 0 unspecified atom stereocenters. The number of carbonyl (C=O) groups excluding carboxylic acids is 1. The molecule has 0 bridgehead atoms. The van der Waals surface area contributed by atoms with Gasteiger partial charge in [-0.3, -0.25) is 9.78 Å². The van der Waals surface area contributed by atoms with E-state index in [1.165, 1.54) is 13.3 Å². The van der Waals surface area contributed by atoms with Gasteiger partial charge in [0.25, 0.3) is 5.91 Å². The van der Waals surface area contributed by atoms with Crippen molar-refractivity contribution in [1.82, 2.24) is 14.7 Å². The Bertz CT molecular complexity index is 824. The van der Waals surface area contributed by atoms with Gasteiger partial charge >= 0.3 is 0 Å². The van der Waals surface area contributed by atoms with Crippen molar-refractivity contribution in [2.45, 2.75) is 4.90 Å². The molecule has 2 aromatic rings. The number of aromatic nitrogens is 1. The van der Waals surface area contributed by atoms with Gasteiger partial charge in [-0.25, -0.2) is 18.2 Å². The number of sulfonamides is 1. The van der Waals surface area contributed by atoms with Gasteiger partial charge in [0.2, 0.25) is 10.0 Å². The van der Waals surface area contributed by atoms with Crippen molar-refractivity contribution in [3.05, 3.63) is 60.2 Å². The molecule has 9 heteroatoms. The monoisotopic (exact) mass is 350 g/mol. The molecule has 24 heavy (non-hydrogen) atoms. The summed E-state index contributed by atoms with van der Waals surface area (Å²) >= 11 is 0. The normalized spacial score (nSPS) is 11.8. The highest BCUT2D eigenvalue weighted by Crippen LogP contribution is 2.14. The predicted octanol–water partition coefficient (Wildman–Crippen LogP) is 0.991. The fourth-order valence-electron chi connectivity index (χ4n) is 1.73. The SMILES string of the molecule is CN(CC(=O)N/N=C\c1ccccn1)S(=O)(=O)c1ccc(F)cc1. The number of hydrogen-bond acceptors (Lipinski definition) is 5. The summed E-state index contributed by atoms with van der Waals surface area (Å²) in [6.07, 6.45) is 2.92. The molecule has 7 nitrogen and oxygen atoms in total. The van der Waals surface area contributed by atoms with Crippen LogP contribution in [0.4, 0.5) is 4.39 Å². The zero-order valence-corrected chi connectivity index (χ0v) is 13.6. The Balaban J connectivity index is 1.95. The van der Waals surface area contributed by atoms with Crippen molar-refractivity contribution in [3.8, 4) is 0 Å². The zero-order valence-electron chi connectivity index (χ0n) is 12.8. The first-order chi connectivity index (χ1) is 11.4. The van der Waals surface area contributed by atoms with Gasteiger partial charge in [-0.2, -0.15) is 9.41 Å². The summed E-state index contributed by atoms with van der Waals surface area (Å²) in [4.78, 5) is 15.6. The second kappa shape index (κ2) is 7.75. The average molecular weight is 350 g/mol. The third kappa shape index (κ3) is 4.67. The van der Waals surface area contributed by atoms with Crippen LogP contribution in [0, 0.1) is 5.82 Å². The lowest BCUT2D eigenvalue weighted by molar-refractivity contribution is -0.121. The molecule has 0 spiro atoms. The molecule has 0 aliphatic heterocycles. The maximum absolute atomic E-state index is 12.9. The molecule has 126 valence electrons. The maximum Gasteiger partial charge on any atom is 0.255 e. The summed E-state index contributed by atoms with van der Waals surface area (Å²) in [6.45, 7) is -0.431. The van der Waals surface area contributed by atoms with Crippen molar-refractivity contribution < 1.29 is 17.6 Å². The second-order valence-electron chi connectivity index (χ2n) is 4.76. The van der Waals surface area contributed by atoms with Gasteiger partial charge in [0.05, 0.1) is 23.3 Å². The van der Waals surface area contributed by atoms with Crippen LogP contribution in [0.25, 0.3) is 0 Å². The Morgan fingerprint density at radius 1 is 1.29 bits per heavy atom. The van der Waals surface area contributed by atoms with Gasteiger partial charge in [0, 0.05) is 13.2 Å². The first-order valence-electron chi connectivity index (χ1n) is 6.84. The summed E-state index contributed by atoms with van der Waals surface area (Å²) in [6, 6.07) is 9.55. The Kier molecular flexibility index (Phi) is 5.72. The van der Waals surface area contributed by atoms with Crippen LogP contribution in [0.3, 0.4) is 0 Å². The zero-order chi connectivity index (χ0) is 17.6.